The third-order valence-corrected chi connectivity index (χ3v) is 2.71. The van der Waals surface area contributed by atoms with Gasteiger partial charge in [-0.1, -0.05) is 48.9 Å². The van der Waals surface area contributed by atoms with Gasteiger partial charge in [-0.15, -0.1) is 0 Å². The van der Waals surface area contributed by atoms with Gasteiger partial charge < -0.3 is 4.74 Å². The molecular weight excluding hydrogens is 200 g/mol. The lowest BCUT2D eigenvalue weighted by Gasteiger charge is -2.16. The summed E-state index contributed by atoms with van der Waals surface area (Å²) in [5.74, 6) is -0.577. The quantitative estimate of drug-likeness (QED) is 0.573. The molecule has 1 rings (SSSR count). The predicted octanol–water partition coefficient (Wildman–Crippen LogP) is 3.22. The van der Waals surface area contributed by atoms with Crippen LogP contribution in [0.5, 0.6) is 0 Å². The van der Waals surface area contributed by atoms with Gasteiger partial charge in [-0.3, -0.25) is 4.79 Å². The Morgan fingerprint density at radius 3 is 2.38 bits per heavy atom. The largest absolute Gasteiger partial charge is 0.468 e. The summed E-state index contributed by atoms with van der Waals surface area (Å²) in [5, 5.41) is 0. The summed E-state index contributed by atoms with van der Waals surface area (Å²) >= 11 is 0. The molecule has 0 saturated carbocycles. The van der Waals surface area contributed by atoms with E-state index in [1.807, 2.05) is 38.1 Å². The fraction of sp³-hybridized carbons (Fsp3) is 0.357. The van der Waals surface area contributed by atoms with Gasteiger partial charge in [-0.25, -0.2) is 0 Å². The molecule has 0 aliphatic rings. The zero-order valence-electron chi connectivity index (χ0n) is 10.1. The molecule has 0 amide bonds. The lowest BCUT2D eigenvalue weighted by Crippen LogP contribution is -2.16. The van der Waals surface area contributed by atoms with Gasteiger partial charge in [0.05, 0.1) is 7.11 Å². The Hall–Kier alpha value is -1.57. The standard InChI is InChI=1S/C14H18O2/c1-5-11(3)13(14(15)16-4)12-8-6-10(2)7-9-12/h6-9,13H,3,5H2,1-2,4H3. The Morgan fingerprint density at radius 1 is 1.38 bits per heavy atom. The predicted molar refractivity (Wildman–Crippen MR) is 65.4 cm³/mol. The van der Waals surface area contributed by atoms with E-state index in [-0.39, 0.29) is 11.9 Å². The Labute approximate surface area is 96.9 Å². The Balaban J connectivity index is 3.06. The highest BCUT2D eigenvalue weighted by molar-refractivity contribution is 5.81. The summed E-state index contributed by atoms with van der Waals surface area (Å²) in [7, 11) is 1.41. The van der Waals surface area contributed by atoms with Crippen LogP contribution in [0.3, 0.4) is 0 Å². The minimum Gasteiger partial charge on any atom is -0.468 e. The Bertz CT molecular complexity index is 360. The molecule has 1 unspecified atom stereocenters. The van der Waals surface area contributed by atoms with Gasteiger partial charge >= 0.3 is 5.97 Å². The molecule has 0 aliphatic heterocycles. The Kier molecular flexibility index (Phi) is 4.29. The van der Waals surface area contributed by atoms with Crippen molar-refractivity contribution in [3.8, 4) is 0 Å². The molecule has 86 valence electrons. The number of benzene rings is 1. The van der Waals surface area contributed by atoms with Gasteiger partial charge in [0.15, 0.2) is 0 Å². The van der Waals surface area contributed by atoms with E-state index in [9.17, 15) is 4.79 Å². The highest BCUT2D eigenvalue weighted by atomic mass is 16.5. The molecular formula is C14H18O2. The van der Waals surface area contributed by atoms with Gasteiger partial charge in [-0.05, 0) is 18.9 Å². The first-order valence-corrected chi connectivity index (χ1v) is 5.42. The number of hydrogen-bond acceptors (Lipinski definition) is 2. The van der Waals surface area contributed by atoms with E-state index >= 15 is 0 Å². The second-order valence-corrected chi connectivity index (χ2v) is 3.88. The highest BCUT2D eigenvalue weighted by Gasteiger charge is 2.23. The van der Waals surface area contributed by atoms with Crippen molar-refractivity contribution in [2.24, 2.45) is 0 Å². The van der Waals surface area contributed by atoms with E-state index in [2.05, 4.69) is 6.58 Å². The van der Waals surface area contributed by atoms with Crippen molar-refractivity contribution in [1.29, 1.82) is 0 Å². The van der Waals surface area contributed by atoms with Gasteiger partial charge in [-0.2, -0.15) is 0 Å². The molecule has 1 atom stereocenters. The number of esters is 1. The smallest absolute Gasteiger partial charge is 0.317 e. The minimum atomic E-state index is -0.337. The van der Waals surface area contributed by atoms with Crippen LogP contribution in [-0.4, -0.2) is 13.1 Å². The molecule has 0 radical (unpaired) electrons. The van der Waals surface area contributed by atoms with Crippen LogP contribution in [0.2, 0.25) is 0 Å². The molecule has 16 heavy (non-hydrogen) atoms. The summed E-state index contributed by atoms with van der Waals surface area (Å²) in [5.41, 5.74) is 3.01. The average Bonchev–Trinajstić information content (AvgIpc) is 2.31. The number of rotatable bonds is 4. The van der Waals surface area contributed by atoms with Crippen molar-refractivity contribution in [2.45, 2.75) is 26.2 Å². The van der Waals surface area contributed by atoms with E-state index in [0.717, 1.165) is 17.6 Å². The van der Waals surface area contributed by atoms with Crippen molar-refractivity contribution in [2.75, 3.05) is 7.11 Å². The number of ether oxygens (including phenoxy) is 1. The zero-order chi connectivity index (χ0) is 12.1. The molecule has 1 aromatic rings. The summed E-state index contributed by atoms with van der Waals surface area (Å²) in [6, 6.07) is 7.90. The van der Waals surface area contributed by atoms with Crippen molar-refractivity contribution >= 4 is 5.97 Å². The van der Waals surface area contributed by atoms with E-state index in [1.165, 1.54) is 12.7 Å². The number of methoxy groups -OCH3 is 1. The SMILES string of the molecule is C=C(CC)C(C(=O)OC)c1ccc(C)cc1. The van der Waals surface area contributed by atoms with Crippen LogP contribution in [0.4, 0.5) is 0 Å². The van der Waals surface area contributed by atoms with Gasteiger partial charge in [0, 0.05) is 0 Å². The molecule has 0 bridgehead atoms. The third kappa shape index (κ3) is 2.72. The first-order valence-electron chi connectivity index (χ1n) is 5.42. The normalized spacial score (nSPS) is 11.9. The van der Waals surface area contributed by atoms with E-state index in [0.29, 0.717) is 0 Å². The van der Waals surface area contributed by atoms with Gasteiger partial charge in [0.25, 0.3) is 0 Å². The number of hydrogen-bond donors (Lipinski definition) is 0. The van der Waals surface area contributed by atoms with Crippen LogP contribution >= 0.6 is 0 Å². The molecule has 0 spiro atoms. The lowest BCUT2D eigenvalue weighted by atomic mass is 9.90. The Morgan fingerprint density at radius 2 is 1.94 bits per heavy atom. The third-order valence-electron chi connectivity index (χ3n) is 2.71. The first kappa shape index (κ1) is 12.5. The van der Waals surface area contributed by atoms with E-state index in [4.69, 9.17) is 4.74 Å². The van der Waals surface area contributed by atoms with Crippen LogP contribution in [-0.2, 0) is 9.53 Å². The number of carbonyl (C=O) groups excluding carboxylic acids is 1. The van der Waals surface area contributed by atoms with Crippen molar-refractivity contribution < 1.29 is 9.53 Å². The molecule has 0 aromatic heterocycles. The second kappa shape index (κ2) is 5.50. The first-order chi connectivity index (χ1) is 7.60. The fourth-order valence-corrected chi connectivity index (χ4v) is 1.62. The van der Waals surface area contributed by atoms with Crippen LogP contribution in [0.25, 0.3) is 0 Å². The summed E-state index contributed by atoms with van der Waals surface area (Å²) < 4.78 is 4.82. The molecule has 0 N–H and O–H groups in total. The second-order valence-electron chi connectivity index (χ2n) is 3.88. The molecule has 2 heteroatoms. The molecule has 2 nitrogen and oxygen atoms in total. The molecule has 1 aromatic carbocycles. The van der Waals surface area contributed by atoms with Gasteiger partial charge in [0.1, 0.15) is 5.92 Å². The van der Waals surface area contributed by atoms with Crippen molar-refractivity contribution in [1.82, 2.24) is 0 Å². The number of aryl methyl sites for hydroxylation is 1. The fourth-order valence-electron chi connectivity index (χ4n) is 1.62. The van der Waals surface area contributed by atoms with E-state index < -0.39 is 0 Å². The zero-order valence-corrected chi connectivity index (χ0v) is 10.1. The monoisotopic (exact) mass is 218 g/mol. The summed E-state index contributed by atoms with van der Waals surface area (Å²) in [6.45, 7) is 7.95. The molecule has 0 heterocycles. The maximum atomic E-state index is 11.7. The highest BCUT2D eigenvalue weighted by Crippen LogP contribution is 2.26. The van der Waals surface area contributed by atoms with Crippen LogP contribution < -0.4 is 0 Å². The summed E-state index contributed by atoms with van der Waals surface area (Å²) in [4.78, 5) is 11.7. The maximum absolute atomic E-state index is 11.7. The minimum absolute atomic E-state index is 0.240. The van der Waals surface area contributed by atoms with Gasteiger partial charge in [0.2, 0.25) is 0 Å². The summed E-state index contributed by atoms with van der Waals surface area (Å²) in [6.07, 6.45) is 0.771. The van der Waals surface area contributed by atoms with Crippen molar-refractivity contribution in [3.05, 3.63) is 47.5 Å². The topological polar surface area (TPSA) is 26.3 Å². The van der Waals surface area contributed by atoms with Crippen LogP contribution in [0.1, 0.15) is 30.4 Å². The molecule has 0 aliphatic carbocycles. The average molecular weight is 218 g/mol. The molecule has 0 fully saturated rings. The number of carbonyl (C=O) groups is 1. The van der Waals surface area contributed by atoms with Crippen molar-refractivity contribution in [3.63, 3.8) is 0 Å². The van der Waals surface area contributed by atoms with Crippen LogP contribution in [0, 0.1) is 6.92 Å². The molecule has 0 saturated heterocycles. The van der Waals surface area contributed by atoms with Crippen LogP contribution in [0.15, 0.2) is 36.4 Å². The maximum Gasteiger partial charge on any atom is 0.317 e. The van der Waals surface area contributed by atoms with E-state index in [1.54, 1.807) is 0 Å². The lowest BCUT2D eigenvalue weighted by molar-refractivity contribution is -0.141.